The number of ether oxygens (including phenoxy) is 1. The van der Waals surface area contributed by atoms with Crippen LogP contribution < -0.4 is 10.1 Å². The lowest BCUT2D eigenvalue weighted by molar-refractivity contribution is 0.317. The number of aromatic nitrogens is 1. The number of rotatable bonds is 6. The van der Waals surface area contributed by atoms with Crippen molar-refractivity contribution in [1.29, 1.82) is 0 Å². The summed E-state index contributed by atoms with van der Waals surface area (Å²) in [5.41, 5.74) is 3.14. The van der Waals surface area contributed by atoms with Gasteiger partial charge in [0, 0.05) is 6.54 Å². The Kier molecular flexibility index (Phi) is 5.24. The maximum Gasteiger partial charge on any atom is 0.132 e. The highest BCUT2D eigenvalue weighted by molar-refractivity contribution is 6.30. The number of halogens is 1. The van der Waals surface area contributed by atoms with Crippen molar-refractivity contribution < 1.29 is 4.74 Å². The summed E-state index contributed by atoms with van der Waals surface area (Å²) in [6.45, 7) is 5.55. The molecule has 20 heavy (non-hydrogen) atoms. The van der Waals surface area contributed by atoms with Crippen molar-refractivity contribution in [1.82, 2.24) is 4.98 Å². The van der Waals surface area contributed by atoms with Gasteiger partial charge in [-0.25, -0.2) is 4.98 Å². The summed E-state index contributed by atoms with van der Waals surface area (Å²) in [7, 11) is 0. The summed E-state index contributed by atoms with van der Waals surface area (Å²) in [4.78, 5) is 4.12. The van der Waals surface area contributed by atoms with Gasteiger partial charge < -0.3 is 10.1 Å². The van der Waals surface area contributed by atoms with Crippen LogP contribution in [0.1, 0.15) is 24.5 Å². The normalized spacial score (nSPS) is 10.3. The van der Waals surface area contributed by atoms with Crippen molar-refractivity contribution in [3.8, 4) is 5.75 Å². The second-order valence-corrected chi connectivity index (χ2v) is 5.04. The summed E-state index contributed by atoms with van der Waals surface area (Å²) in [5.74, 6) is 0.916. The van der Waals surface area contributed by atoms with Crippen LogP contribution >= 0.6 is 11.6 Å². The first-order valence-corrected chi connectivity index (χ1v) is 7.14. The fraction of sp³-hybridized carbons (Fsp3) is 0.312. The maximum atomic E-state index is 5.90. The monoisotopic (exact) mass is 290 g/mol. The lowest BCUT2D eigenvalue weighted by Gasteiger charge is -2.09. The van der Waals surface area contributed by atoms with E-state index in [1.54, 1.807) is 6.20 Å². The summed E-state index contributed by atoms with van der Waals surface area (Å²) < 4.78 is 5.56. The predicted molar refractivity (Wildman–Crippen MR) is 83.5 cm³/mol. The lowest BCUT2D eigenvalue weighted by Crippen LogP contribution is -2.01. The number of anilines is 1. The molecular formula is C16H19ClN2O. The zero-order valence-corrected chi connectivity index (χ0v) is 12.6. The van der Waals surface area contributed by atoms with E-state index in [2.05, 4.69) is 29.4 Å². The SMILES string of the molecule is CCCOc1ccc(CNc2cnc(Cl)c(C)c2)cc1. The number of benzene rings is 1. The van der Waals surface area contributed by atoms with Gasteiger partial charge >= 0.3 is 0 Å². The van der Waals surface area contributed by atoms with E-state index < -0.39 is 0 Å². The molecule has 1 heterocycles. The Morgan fingerprint density at radius 3 is 2.65 bits per heavy atom. The first-order chi connectivity index (χ1) is 9.69. The molecular weight excluding hydrogens is 272 g/mol. The summed E-state index contributed by atoms with van der Waals surface area (Å²) in [6.07, 6.45) is 2.76. The molecule has 0 amide bonds. The van der Waals surface area contributed by atoms with Crippen molar-refractivity contribution in [2.45, 2.75) is 26.8 Å². The number of nitrogens with zero attached hydrogens (tertiary/aromatic N) is 1. The molecule has 2 rings (SSSR count). The van der Waals surface area contributed by atoms with Crippen LogP contribution in [0.4, 0.5) is 5.69 Å². The van der Waals surface area contributed by atoms with Gasteiger partial charge in [0.05, 0.1) is 18.5 Å². The quantitative estimate of drug-likeness (QED) is 0.798. The third-order valence-electron chi connectivity index (χ3n) is 2.91. The molecule has 0 saturated carbocycles. The summed E-state index contributed by atoms with van der Waals surface area (Å²) in [5, 5.41) is 3.88. The van der Waals surface area contributed by atoms with Crippen LogP contribution in [0.2, 0.25) is 5.15 Å². The van der Waals surface area contributed by atoms with E-state index >= 15 is 0 Å². The Morgan fingerprint density at radius 1 is 1.25 bits per heavy atom. The molecule has 3 nitrogen and oxygen atoms in total. The largest absolute Gasteiger partial charge is 0.494 e. The average molecular weight is 291 g/mol. The second-order valence-electron chi connectivity index (χ2n) is 4.68. The molecule has 1 N–H and O–H groups in total. The highest BCUT2D eigenvalue weighted by Crippen LogP contribution is 2.17. The van der Waals surface area contributed by atoms with Gasteiger partial charge in [0.15, 0.2) is 0 Å². The zero-order valence-electron chi connectivity index (χ0n) is 11.8. The molecule has 1 aromatic heterocycles. The van der Waals surface area contributed by atoms with Crippen molar-refractivity contribution in [3.05, 3.63) is 52.8 Å². The molecule has 4 heteroatoms. The Bertz CT molecular complexity index is 555. The Balaban J connectivity index is 1.91. The molecule has 2 aromatic rings. The fourth-order valence-electron chi connectivity index (χ4n) is 1.78. The molecule has 0 bridgehead atoms. The van der Waals surface area contributed by atoms with Crippen LogP contribution in [-0.4, -0.2) is 11.6 Å². The van der Waals surface area contributed by atoms with Crippen LogP contribution in [0.15, 0.2) is 36.5 Å². The molecule has 106 valence electrons. The van der Waals surface area contributed by atoms with Crippen LogP contribution in [0.3, 0.4) is 0 Å². The molecule has 0 fully saturated rings. The highest BCUT2D eigenvalue weighted by Gasteiger charge is 2.00. The standard InChI is InChI=1S/C16H19ClN2O/c1-3-8-20-15-6-4-13(5-7-15)10-18-14-9-12(2)16(17)19-11-14/h4-7,9,11,18H,3,8,10H2,1-2H3. The molecule has 0 aliphatic carbocycles. The molecule has 0 aliphatic rings. The second kappa shape index (κ2) is 7.15. The highest BCUT2D eigenvalue weighted by atomic mass is 35.5. The number of hydrogen-bond donors (Lipinski definition) is 1. The molecule has 0 saturated heterocycles. The Morgan fingerprint density at radius 2 is 2.00 bits per heavy atom. The van der Waals surface area contributed by atoms with E-state index in [4.69, 9.17) is 16.3 Å². The minimum absolute atomic E-state index is 0.549. The molecule has 0 unspecified atom stereocenters. The van der Waals surface area contributed by atoms with E-state index in [1.165, 1.54) is 5.56 Å². The van der Waals surface area contributed by atoms with Crippen molar-refractivity contribution >= 4 is 17.3 Å². The minimum atomic E-state index is 0.549. The lowest BCUT2D eigenvalue weighted by atomic mass is 10.2. The number of hydrogen-bond acceptors (Lipinski definition) is 3. The van der Waals surface area contributed by atoms with Crippen molar-refractivity contribution in [2.24, 2.45) is 0 Å². The van der Waals surface area contributed by atoms with Gasteiger partial charge in [-0.3, -0.25) is 0 Å². The van der Waals surface area contributed by atoms with Crippen LogP contribution in [-0.2, 0) is 6.54 Å². The van der Waals surface area contributed by atoms with E-state index in [0.717, 1.165) is 36.6 Å². The van der Waals surface area contributed by atoms with Gasteiger partial charge in [0.2, 0.25) is 0 Å². The first-order valence-electron chi connectivity index (χ1n) is 6.77. The van der Waals surface area contributed by atoms with Gasteiger partial charge in [-0.15, -0.1) is 0 Å². The summed E-state index contributed by atoms with van der Waals surface area (Å²) >= 11 is 5.90. The van der Waals surface area contributed by atoms with Crippen LogP contribution in [0.25, 0.3) is 0 Å². The Labute approximate surface area is 124 Å². The molecule has 0 spiro atoms. The number of pyridine rings is 1. The zero-order chi connectivity index (χ0) is 14.4. The van der Waals surface area contributed by atoms with E-state index in [0.29, 0.717) is 5.15 Å². The first kappa shape index (κ1) is 14.7. The summed E-state index contributed by atoms with van der Waals surface area (Å²) in [6, 6.07) is 10.1. The van der Waals surface area contributed by atoms with Crippen LogP contribution in [0.5, 0.6) is 5.75 Å². The van der Waals surface area contributed by atoms with Gasteiger partial charge in [0.1, 0.15) is 10.9 Å². The van der Waals surface area contributed by atoms with Crippen molar-refractivity contribution in [2.75, 3.05) is 11.9 Å². The fourth-order valence-corrected chi connectivity index (χ4v) is 1.89. The molecule has 1 aromatic carbocycles. The van der Waals surface area contributed by atoms with Crippen LogP contribution in [0, 0.1) is 6.92 Å². The van der Waals surface area contributed by atoms with Gasteiger partial charge in [-0.05, 0) is 42.7 Å². The van der Waals surface area contributed by atoms with Crippen molar-refractivity contribution in [3.63, 3.8) is 0 Å². The van der Waals surface area contributed by atoms with Gasteiger partial charge in [-0.1, -0.05) is 30.7 Å². The Hall–Kier alpha value is -1.74. The van der Waals surface area contributed by atoms with Gasteiger partial charge in [0.25, 0.3) is 0 Å². The number of nitrogens with one attached hydrogen (secondary N) is 1. The average Bonchev–Trinajstić information content (AvgIpc) is 2.47. The van der Waals surface area contributed by atoms with E-state index in [-0.39, 0.29) is 0 Å². The van der Waals surface area contributed by atoms with Gasteiger partial charge in [-0.2, -0.15) is 0 Å². The smallest absolute Gasteiger partial charge is 0.132 e. The minimum Gasteiger partial charge on any atom is -0.494 e. The topological polar surface area (TPSA) is 34.1 Å². The van der Waals surface area contributed by atoms with E-state index in [1.807, 2.05) is 25.1 Å². The maximum absolute atomic E-state index is 5.90. The number of aryl methyl sites for hydroxylation is 1. The predicted octanol–water partition coefficient (Wildman–Crippen LogP) is 4.44. The molecule has 0 radical (unpaired) electrons. The molecule has 0 atom stereocenters. The third-order valence-corrected chi connectivity index (χ3v) is 3.30. The van der Waals surface area contributed by atoms with E-state index in [9.17, 15) is 0 Å². The molecule has 0 aliphatic heterocycles. The third kappa shape index (κ3) is 4.14.